The maximum Gasteiger partial charge on any atom is 0.414 e. The Morgan fingerprint density at radius 3 is 2.00 bits per heavy atom. The minimum atomic E-state index is -1.82. The Balaban J connectivity index is 0.000000413. The highest BCUT2D eigenvalue weighted by molar-refractivity contribution is 6.27. The Hall–Kier alpha value is -2.86. The van der Waals surface area contributed by atoms with E-state index in [1.807, 2.05) is 18.2 Å². The molecule has 0 bridgehead atoms. The molecule has 128 valence electrons. The summed E-state index contributed by atoms with van der Waals surface area (Å²) in [6.07, 6.45) is 0. The van der Waals surface area contributed by atoms with Crippen LogP contribution in [0.3, 0.4) is 0 Å². The molecule has 6 nitrogen and oxygen atoms in total. The van der Waals surface area contributed by atoms with Crippen molar-refractivity contribution in [3.63, 3.8) is 0 Å². The number of hydrogen-bond donors (Lipinski definition) is 3. The van der Waals surface area contributed by atoms with Crippen LogP contribution >= 0.6 is 0 Å². The molecule has 0 aliphatic carbocycles. The number of carboxylic acid groups (broad SMARTS) is 2. The standard InChI is InChI=1S/C16H19NO.C2H2O4/c1-13(15-6-4-3-5-7-15)17-12-14-8-10-16(18-2)11-9-14;3-1(4)2(5)6/h3-11,13,17H,12H2,1-2H3;(H,3,4)(H,5,6). The Bertz CT molecular complexity index is 628. The van der Waals surface area contributed by atoms with Crippen molar-refractivity contribution in [2.24, 2.45) is 0 Å². The quantitative estimate of drug-likeness (QED) is 0.729. The van der Waals surface area contributed by atoms with Crippen LogP contribution in [0.25, 0.3) is 0 Å². The minimum absolute atomic E-state index is 0.355. The minimum Gasteiger partial charge on any atom is -0.497 e. The van der Waals surface area contributed by atoms with Crippen molar-refractivity contribution in [2.45, 2.75) is 19.5 Å². The maximum absolute atomic E-state index is 9.10. The van der Waals surface area contributed by atoms with E-state index in [1.165, 1.54) is 11.1 Å². The first-order valence-corrected chi connectivity index (χ1v) is 7.31. The molecular weight excluding hydrogens is 310 g/mol. The molecule has 0 radical (unpaired) electrons. The molecule has 1 atom stereocenters. The van der Waals surface area contributed by atoms with Gasteiger partial charge in [-0.05, 0) is 30.2 Å². The average Bonchev–Trinajstić information content (AvgIpc) is 2.61. The molecule has 2 aromatic carbocycles. The fraction of sp³-hybridized carbons (Fsp3) is 0.222. The summed E-state index contributed by atoms with van der Waals surface area (Å²) in [6.45, 7) is 3.04. The van der Waals surface area contributed by atoms with E-state index < -0.39 is 11.9 Å². The van der Waals surface area contributed by atoms with E-state index in [-0.39, 0.29) is 0 Å². The van der Waals surface area contributed by atoms with Crippen LogP contribution in [0.1, 0.15) is 24.1 Å². The first-order chi connectivity index (χ1) is 11.4. The zero-order valence-electron chi connectivity index (χ0n) is 13.6. The number of carbonyl (C=O) groups is 2. The fourth-order valence-electron chi connectivity index (χ4n) is 1.87. The largest absolute Gasteiger partial charge is 0.497 e. The van der Waals surface area contributed by atoms with Gasteiger partial charge in [0.2, 0.25) is 0 Å². The Kier molecular flexibility index (Phi) is 8.01. The molecule has 6 heteroatoms. The second-order valence-corrected chi connectivity index (χ2v) is 4.97. The summed E-state index contributed by atoms with van der Waals surface area (Å²) in [6, 6.07) is 19.0. The van der Waals surface area contributed by atoms with Gasteiger partial charge < -0.3 is 20.3 Å². The Morgan fingerprint density at radius 1 is 1.00 bits per heavy atom. The molecule has 0 heterocycles. The van der Waals surface area contributed by atoms with E-state index in [0.29, 0.717) is 6.04 Å². The topological polar surface area (TPSA) is 95.9 Å². The zero-order chi connectivity index (χ0) is 17.9. The highest BCUT2D eigenvalue weighted by atomic mass is 16.5. The normalized spacial score (nSPS) is 10.9. The van der Waals surface area contributed by atoms with E-state index in [0.717, 1.165) is 12.3 Å². The predicted octanol–water partition coefficient (Wildman–Crippen LogP) is 2.70. The molecule has 0 fully saturated rings. The number of nitrogens with one attached hydrogen (secondary N) is 1. The molecule has 0 saturated carbocycles. The lowest BCUT2D eigenvalue weighted by atomic mass is 10.1. The molecule has 0 aromatic heterocycles. The summed E-state index contributed by atoms with van der Waals surface area (Å²) in [7, 11) is 1.69. The van der Waals surface area contributed by atoms with E-state index in [1.54, 1.807) is 7.11 Å². The van der Waals surface area contributed by atoms with Crippen molar-refractivity contribution in [2.75, 3.05) is 7.11 Å². The first kappa shape index (κ1) is 19.2. The second-order valence-electron chi connectivity index (χ2n) is 4.97. The number of benzene rings is 2. The van der Waals surface area contributed by atoms with Gasteiger partial charge in [0.1, 0.15) is 5.75 Å². The van der Waals surface area contributed by atoms with Crippen LogP contribution in [0.4, 0.5) is 0 Å². The Labute approximate surface area is 140 Å². The number of ether oxygens (including phenoxy) is 1. The summed E-state index contributed by atoms with van der Waals surface area (Å²) in [5.74, 6) is -2.75. The third-order valence-electron chi connectivity index (χ3n) is 3.25. The third-order valence-corrected chi connectivity index (χ3v) is 3.25. The number of carboxylic acids is 2. The summed E-state index contributed by atoms with van der Waals surface area (Å²) < 4.78 is 5.14. The van der Waals surface area contributed by atoms with E-state index >= 15 is 0 Å². The lowest BCUT2D eigenvalue weighted by Crippen LogP contribution is -2.17. The molecule has 0 saturated heterocycles. The van der Waals surface area contributed by atoms with Gasteiger partial charge in [-0.15, -0.1) is 0 Å². The van der Waals surface area contributed by atoms with Crippen LogP contribution in [-0.4, -0.2) is 29.3 Å². The summed E-state index contributed by atoms with van der Waals surface area (Å²) in [5.41, 5.74) is 2.57. The van der Waals surface area contributed by atoms with Crippen molar-refractivity contribution in [3.8, 4) is 5.75 Å². The molecule has 1 unspecified atom stereocenters. The van der Waals surface area contributed by atoms with Gasteiger partial charge in [-0.2, -0.15) is 0 Å². The van der Waals surface area contributed by atoms with Gasteiger partial charge in [-0.25, -0.2) is 9.59 Å². The summed E-state index contributed by atoms with van der Waals surface area (Å²) >= 11 is 0. The summed E-state index contributed by atoms with van der Waals surface area (Å²) in [4.78, 5) is 18.2. The van der Waals surface area contributed by atoms with Gasteiger partial charge in [-0.3, -0.25) is 0 Å². The highest BCUT2D eigenvalue weighted by Gasteiger charge is 2.04. The van der Waals surface area contributed by atoms with Crippen molar-refractivity contribution in [3.05, 3.63) is 65.7 Å². The zero-order valence-corrected chi connectivity index (χ0v) is 13.6. The van der Waals surface area contributed by atoms with Crippen LogP contribution in [0, 0.1) is 0 Å². The summed E-state index contributed by atoms with van der Waals surface area (Å²) in [5, 5.41) is 18.3. The molecule has 2 rings (SSSR count). The number of hydrogen-bond acceptors (Lipinski definition) is 4. The van der Waals surface area contributed by atoms with Gasteiger partial charge in [0.05, 0.1) is 7.11 Å². The van der Waals surface area contributed by atoms with Crippen LogP contribution in [-0.2, 0) is 16.1 Å². The molecule has 0 aliphatic heterocycles. The van der Waals surface area contributed by atoms with E-state index in [9.17, 15) is 0 Å². The van der Waals surface area contributed by atoms with Crippen LogP contribution in [0.15, 0.2) is 54.6 Å². The smallest absolute Gasteiger partial charge is 0.414 e. The van der Waals surface area contributed by atoms with E-state index in [2.05, 4.69) is 48.6 Å². The van der Waals surface area contributed by atoms with Gasteiger partial charge in [0, 0.05) is 12.6 Å². The molecular formula is C18H21NO5. The maximum atomic E-state index is 9.10. The SMILES string of the molecule is COc1ccc(CNC(C)c2ccccc2)cc1.O=C(O)C(=O)O. The highest BCUT2D eigenvalue weighted by Crippen LogP contribution is 2.14. The first-order valence-electron chi connectivity index (χ1n) is 7.31. The number of rotatable bonds is 5. The van der Waals surface area contributed by atoms with Crippen molar-refractivity contribution >= 4 is 11.9 Å². The average molecular weight is 331 g/mol. The van der Waals surface area contributed by atoms with Crippen LogP contribution in [0.2, 0.25) is 0 Å². The lowest BCUT2D eigenvalue weighted by molar-refractivity contribution is -0.159. The van der Waals surface area contributed by atoms with Gasteiger partial charge >= 0.3 is 11.9 Å². The van der Waals surface area contributed by atoms with Gasteiger partial charge in [0.15, 0.2) is 0 Å². The lowest BCUT2D eigenvalue weighted by Gasteiger charge is -2.14. The molecule has 0 spiro atoms. The molecule has 3 N–H and O–H groups in total. The number of methoxy groups -OCH3 is 1. The van der Waals surface area contributed by atoms with Crippen molar-refractivity contribution in [1.29, 1.82) is 0 Å². The third kappa shape index (κ3) is 6.93. The van der Waals surface area contributed by atoms with Crippen molar-refractivity contribution in [1.82, 2.24) is 5.32 Å². The second kappa shape index (κ2) is 10.0. The molecule has 2 aromatic rings. The molecule has 0 amide bonds. The predicted molar refractivity (Wildman–Crippen MR) is 90.0 cm³/mol. The van der Waals surface area contributed by atoms with E-state index in [4.69, 9.17) is 24.5 Å². The fourth-order valence-corrected chi connectivity index (χ4v) is 1.87. The molecule has 24 heavy (non-hydrogen) atoms. The van der Waals surface area contributed by atoms with Crippen LogP contribution in [0.5, 0.6) is 5.75 Å². The van der Waals surface area contributed by atoms with Gasteiger partial charge in [0.25, 0.3) is 0 Å². The Morgan fingerprint density at radius 2 is 1.54 bits per heavy atom. The van der Waals surface area contributed by atoms with Crippen molar-refractivity contribution < 1.29 is 24.5 Å². The monoisotopic (exact) mass is 331 g/mol. The molecule has 0 aliphatic rings. The van der Waals surface area contributed by atoms with Gasteiger partial charge in [-0.1, -0.05) is 42.5 Å². The van der Waals surface area contributed by atoms with Crippen LogP contribution < -0.4 is 10.1 Å². The number of aliphatic carboxylic acids is 2.